The lowest BCUT2D eigenvalue weighted by Crippen LogP contribution is -2.45. The van der Waals surface area contributed by atoms with Crippen LogP contribution in [0.1, 0.15) is 47.4 Å². The Bertz CT molecular complexity index is 743. The van der Waals surface area contributed by atoms with Crippen LogP contribution in [0.25, 0.3) is 0 Å². The summed E-state index contributed by atoms with van der Waals surface area (Å²) in [5.74, 6) is 1.55. The molecule has 3 rings (SSSR count). The zero-order valence-electron chi connectivity index (χ0n) is 15.3. The zero-order chi connectivity index (χ0) is 18.5. The Morgan fingerprint density at radius 1 is 1.46 bits per heavy atom. The van der Waals surface area contributed by atoms with Gasteiger partial charge in [0.1, 0.15) is 12.4 Å². The minimum Gasteiger partial charge on any atom is -0.388 e. The summed E-state index contributed by atoms with van der Waals surface area (Å²) in [6, 6.07) is -0.0136. The molecule has 2 N–H and O–H groups in total. The molecule has 26 heavy (non-hydrogen) atoms. The van der Waals surface area contributed by atoms with Crippen LogP contribution in [-0.2, 0) is 20.1 Å². The lowest BCUT2D eigenvalue weighted by molar-refractivity contribution is 0.177. The predicted octanol–water partition coefficient (Wildman–Crippen LogP) is 1.59. The van der Waals surface area contributed by atoms with Gasteiger partial charge in [0.05, 0.1) is 11.2 Å². The first-order chi connectivity index (χ1) is 12.6. The number of piperidine rings is 1. The highest BCUT2D eigenvalue weighted by Gasteiger charge is 2.28. The Labute approximate surface area is 157 Å². The largest absolute Gasteiger partial charge is 0.388 e. The van der Waals surface area contributed by atoms with Crippen LogP contribution in [-0.4, -0.2) is 55.4 Å². The van der Waals surface area contributed by atoms with Crippen molar-refractivity contribution >= 4 is 17.4 Å². The quantitative estimate of drug-likeness (QED) is 0.744. The van der Waals surface area contributed by atoms with Crippen LogP contribution in [0.5, 0.6) is 0 Å². The van der Waals surface area contributed by atoms with Crippen LogP contribution >= 0.6 is 11.3 Å². The van der Waals surface area contributed by atoms with Gasteiger partial charge in [0.25, 0.3) is 0 Å². The highest BCUT2D eigenvalue weighted by atomic mass is 32.1. The number of aromatic nitrogens is 4. The molecule has 0 unspecified atom stereocenters. The van der Waals surface area contributed by atoms with E-state index in [9.17, 15) is 9.90 Å². The van der Waals surface area contributed by atoms with E-state index in [2.05, 4.69) is 20.5 Å². The highest BCUT2D eigenvalue weighted by molar-refractivity contribution is 7.09. The van der Waals surface area contributed by atoms with Crippen molar-refractivity contribution in [1.29, 1.82) is 0 Å². The van der Waals surface area contributed by atoms with Crippen LogP contribution in [0.15, 0.2) is 5.51 Å². The molecule has 0 bridgehead atoms. The van der Waals surface area contributed by atoms with Gasteiger partial charge in [-0.25, -0.2) is 9.78 Å². The maximum absolute atomic E-state index is 12.5. The molecule has 0 saturated carbocycles. The fourth-order valence-corrected chi connectivity index (χ4v) is 4.19. The summed E-state index contributed by atoms with van der Waals surface area (Å²) in [7, 11) is 1.86. The number of nitrogens with one attached hydrogen (secondary N) is 1. The average Bonchev–Trinajstić information content (AvgIpc) is 3.23. The number of rotatable bonds is 6. The Morgan fingerprint density at radius 3 is 3.00 bits per heavy atom. The molecule has 1 fully saturated rings. The fraction of sp³-hybridized carbons (Fsp3) is 0.647. The summed E-state index contributed by atoms with van der Waals surface area (Å²) in [6.45, 7) is 3.96. The molecule has 0 aliphatic carbocycles. The van der Waals surface area contributed by atoms with Crippen molar-refractivity contribution < 1.29 is 9.90 Å². The fourth-order valence-electron chi connectivity index (χ4n) is 3.36. The average molecular weight is 379 g/mol. The molecule has 1 aliphatic rings. The van der Waals surface area contributed by atoms with Crippen LogP contribution in [0.4, 0.5) is 4.79 Å². The molecular weight excluding hydrogens is 352 g/mol. The number of aliphatic hydroxyl groups is 1. The molecular formula is C17H26N6O2S. The SMILES string of the molecule is Cc1ncsc1CCCNC(=O)N1CCC[C@H](c2nnc(CO)n2C)C1. The van der Waals surface area contributed by atoms with E-state index in [-0.39, 0.29) is 18.6 Å². The molecule has 2 amide bonds. The Kier molecular flexibility index (Phi) is 6.20. The summed E-state index contributed by atoms with van der Waals surface area (Å²) in [5, 5.41) is 20.5. The minimum absolute atomic E-state index is 0.0136. The van der Waals surface area contributed by atoms with E-state index < -0.39 is 0 Å². The van der Waals surface area contributed by atoms with Crippen molar-refractivity contribution in [2.45, 2.75) is 45.1 Å². The van der Waals surface area contributed by atoms with E-state index in [1.54, 1.807) is 11.3 Å². The Balaban J connectivity index is 1.48. The second-order valence-corrected chi connectivity index (χ2v) is 7.61. The van der Waals surface area contributed by atoms with Crippen molar-refractivity contribution in [1.82, 2.24) is 30.0 Å². The number of carbonyl (C=O) groups excluding carboxylic acids is 1. The molecule has 2 aromatic heterocycles. The maximum atomic E-state index is 12.5. The van der Waals surface area contributed by atoms with Gasteiger partial charge >= 0.3 is 6.03 Å². The topological polar surface area (TPSA) is 96.2 Å². The zero-order valence-corrected chi connectivity index (χ0v) is 16.1. The first-order valence-corrected chi connectivity index (χ1v) is 9.89. The van der Waals surface area contributed by atoms with E-state index >= 15 is 0 Å². The molecule has 0 spiro atoms. The van der Waals surface area contributed by atoms with Crippen LogP contribution < -0.4 is 5.32 Å². The van der Waals surface area contributed by atoms with E-state index in [0.29, 0.717) is 18.9 Å². The van der Waals surface area contributed by atoms with Crippen molar-refractivity contribution in [3.63, 3.8) is 0 Å². The third kappa shape index (κ3) is 4.21. The standard InChI is InChI=1S/C17H26N6O2S/c1-12-14(26-11-19-12)6-3-7-18-17(25)23-8-4-5-13(9-23)16-21-20-15(10-24)22(16)2/h11,13,24H,3-10H2,1-2H3,(H,18,25)/t13-/m0/s1. The van der Waals surface area contributed by atoms with Gasteiger partial charge in [-0.1, -0.05) is 0 Å². The van der Waals surface area contributed by atoms with Crippen molar-refractivity contribution in [3.05, 3.63) is 27.7 Å². The van der Waals surface area contributed by atoms with Gasteiger partial charge in [-0.15, -0.1) is 21.5 Å². The number of aliphatic hydroxyl groups excluding tert-OH is 1. The summed E-state index contributed by atoms with van der Waals surface area (Å²) in [5.41, 5.74) is 2.96. The first-order valence-electron chi connectivity index (χ1n) is 9.01. The summed E-state index contributed by atoms with van der Waals surface area (Å²) >= 11 is 1.67. The summed E-state index contributed by atoms with van der Waals surface area (Å²) in [4.78, 5) is 19.9. The molecule has 8 nitrogen and oxygen atoms in total. The van der Waals surface area contributed by atoms with Gasteiger partial charge in [-0.3, -0.25) is 0 Å². The first kappa shape index (κ1) is 18.8. The third-order valence-electron chi connectivity index (χ3n) is 4.92. The van der Waals surface area contributed by atoms with Gasteiger partial charge in [-0.05, 0) is 32.6 Å². The molecule has 1 aliphatic heterocycles. The van der Waals surface area contributed by atoms with Crippen LogP contribution in [0.2, 0.25) is 0 Å². The van der Waals surface area contributed by atoms with E-state index in [1.807, 2.05) is 28.9 Å². The van der Waals surface area contributed by atoms with Gasteiger partial charge in [0.15, 0.2) is 5.82 Å². The van der Waals surface area contributed by atoms with Crippen molar-refractivity contribution in [2.24, 2.45) is 7.05 Å². The number of nitrogens with zero attached hydrogens (tertiary/aromatic N) is 5. The van der Waals surface area contributed by atoms with E-state index in [0.717, 1.165) is 43.7 Å². The maximum Gasteiger partial charge on any atom is 0.317 e. The second kappa shape index (κ2) is 8.59. The van der Waals surface area contributed by atoms with E-state index in [4.69, 9.17) is 0 Å². The van der Waals surface area contributed by atoms with Crippen molar-refractivity contribution in [2.75, 3.05) is 19.6 Å². The van der Waals surface area contributed by atoms with Gasteiger partial charge < -0.3 is 19.9 Å². The lowest BCUT2D eigenvalue weighted by atomic mass is 9.97. The normalized spacial score (nSPS) is 17.5. The summed E-state index contributed by atoms with van der Waals surface area (Å²) in [6.07, 6.45) is 3.78. The highest BCUT2D eigenvalue weighted by Crippen LogP contribution is 2.25. The molecule has 2 aromatic rings. The minimum atomic E-state index is -0.125. The number of hydrogen-bond acceptors (Lipinski definition) is 6. The van der Waals surface area contributed by atoms with Gasteiger partial charge in [0, 0.05) is 37.5 Å². The summed E-state index contributed by atoms with van der Waals surface area (Å²) < 4.78 is 1.84. The second-order valence-electron chi connectivity index (χ2n) is 6.67. The molecule has 1 atom stereocenters. The van der Waals surface area contributed by atoms with Crippen LogP contribution in [0, 0.1) is 6.92 Å². The van der Waals surface area contributed by atoms with E-state index in [1.165, 1.54) is 4.88 Å². The molecule has 0 radical (unpaired) electrons. The number of urea groups is 1. The molecule has 142 valence electrons. The number of aryl methyl sites for hydroxylation is 2. The lowest BCUT2D eigenvalue weighted by Gasteiger charge is -2.32. The number of thiazole rings is 1. The number of hydrogen-bond donors (Lipinski definition) is 2. The molecule has 9 heteroatoms. The monoisotopic (exact) mass is 378 g/mol. The number of amides is 2. The smallest absolute Gasteiger partial charge is 0.317 e. The number of likely N-dealkylation sites (tertiary alicyclic amines) is 1. The van der Waals surface area contributed by atoms with Crippen molar-refractivity contribution in [3.8, 4) is 0 Å². The Hall–Kier alpha value is -2.00. The molecule has 1 saturated heterocycles. The van der Waals surface area contributed by atoms with Gasteiger partial charge in [0.2, 0.25) is 0 Å². The number of carbonyl (C=O) groups is 1. The third-order valence-corrected chi connectivity index (χ3v) is 5.91. The molecule has 3 heterocycles. The van der Waals surface area contributed by atoms with Gasteiger partial charge in [-0.2, -0.15) is 0 Å². The predicted molar refractivity (Wildman–Crippen MR) is 99.0 cm³/mol. The Morgan fingerprint density at radius 2 is 2.31 bits per heavy atom. The molecule has 0 aromatic carbocycles. The van der Waals surface area contributed by atoms with Crippen LogP contribution in [0.3, 0.4) is 0 Å².